The predicted octanol–water partition coefficient (Wildman–Crippen LogP) is 4.61. The second kappa shape index (κ2) is 10.4. The largest absolute Gasteiger partial charge is 0.493 e. The van der Waals surface area contributed by atoms with Crippen LogP contribution in [0.15, 0.2) is 81.0 Å². The molecule has 0 saturated carbocycles. The van der Waals surface area contributed by atoms with Gasteiger partial charge in [-0.3, -0.25) is 14.2 Å². The minimum atomic E-state index is -0.601. The number of halogens is 1. The van der Waals surface area contributed by atoms with E-state index in [1.165, 1.54) is 36.9 Å². The number of thiophene rings is 1. The van der Waals surface area contributed by atoms with Crippen molar-refractivity contribution in [1.29, 1.82) is 0 Å². The number of carbonyl (C=O) groups is 1. The van der Waals surface area contributed by atoms with Crippen LogP contribution in [0.5, 0.6) is 11.5 Å². The quantitative estimate of drug-likeness (QED) is 0.379. The zero-order valence-electron chi connectivity index (χ0n) is 20.2. The number of amides is 1. The molecule has 10 heteroatoms. The van der Waals surface area contributed by atoms with Gasteiger partial charge in [0.05, 0.1) is 35.0 Å². The summed E-state index contributed by atoms with van der Waals surface area (Å²) in [6.07, 6.45) is 1.74. The van der Waals surface area contributed by atoms with Crippen LogP contribution < -0.4 is 29.7 Å². The minimum absolute atomic E-state index is 0.245. The first-order valence-electron chi connectivity index (χ1n) is 11.2. The number of carbonyl (C=O) groups excluding carboxylic acids is 1. The number of para-hydroxylation sites is 1. The Bertz CT molecular complexity index is 1690. The van der Waals surface area contributed by atoms with Gasteiger partial charge in [0.15, 0.2) is 16.3 Å². The number of nitrogens with one attached hydrogen (secondary N) is 1. The number of allylic oxidation sites excluding steroid dienone is 1. The summed E-state index contributed by atoms with van der Waals surface area (Å²) in [4.78, 5) is 33.3. The maximum atomic E-state index is 13.8. The Morgan fingerprint density at radius 2 is 1.92 bits per heavy atom. The minimum Gasteiger partial charge on any atom is -0.493 e. The molecular formula is C27H22ClN3O4S2. The molecule has 0 radical (unpaired) electrons. The molecule has 37 heavy (non-hydrogen) atoms. The van der Waals surface area contributed by atoms with Crippen LogP contribution in [0.2, 0.25) is 5.02 Å². The van der Waals surface area contributed by atoms with E-state index in [0.717, 1.165) is 4.88 Å². The van der Waals surface area contributed by atoms with E-state index in [1.54, 1.807) is 29.7 Å². The molecule has 5 rings (SSSR count). The fourth-order valence-electron chi connectivity index (χ4n) is 4.22. The lowest BCUT2D eigenvalue weighted by atomic mass is 10.0. The highest BCUT2D eigenvalue weighted by Crippen LogP contribution is 2.36. The standard InChI is InChI=1S/C27H22ClN3O4S2/c1-15-22(25(32)30-17-8-5-4-6-9-17)23(20-10-7-11-36-20)31-26(33)21(37-27(31)29-15)14-16-12-18(28)24(35-3)19(13-16)34-2/h4-14,23H,1-3H3,(H,30,32)/b21-14-/t23-/m1/s1. The van der Waals surface area contributed by atoms with E-state index in [1.807, 2.05) is 47.8 Å². The van der Waals surface area contributed by atoms with Gasteiger partial charge in [-0.1, -0.05) is 47.2 Å². The molecule has 0 unspecified atom stereocenters. The van der Waals surface area contributed by atoms with Crippen molar-refractivity contribution >= 4 is 51.9 Å². The van der Waals surface area contributed by atoms with Crippen molar-refractivity contribution < 1.29 is 14.3 Å². The highest BCUT2D eigenvalue weighted by molar-refractivity contribution is 7.10. The Kier molecular flexibility index (Phi) is 7.01. The lowest BCUT2D eigenvalue weighted by molar-refractivity contribution is -0.113. The van der Waals surface area contributed by atoms with Crippen molar-refractivity contribution in [1.82, 2.24) is 4.57 Å². The first-order chi connectivity index (χ1) is 17.9. The molecule has 2 aromatic carbocycles. The summed E-state index contributed by atoms with van der Waals surface area (Å²) in [6, 6.07) is 15.9. The molecule has 1 aliphatic heterocycles. The van der Waals surface area contributed by atoms with E-state index in [0.29, 0.717) is 48.4 Å². The lowest BCUT2D eigenvalue weighted by Gasteiger charge is -2.24. The fraction of sp³-hybridized carbons (Fsp3) is 0.148. The number of methoxy groups -OCH3 is 2. The first-order valence-corrected chi connectivity index (χ1v) is 13.3. The van der Waals surface area contributed by atoms with E-state index >= 15 is 0 Å². The van der Waals surface area contributed by atoms with Crippen molar-refractivity contribution in [3.63, 3.8) is 0 Å². The smallest absolute Gasteiger partial charge is 0.271 e. The van der Waals surface area contributed by atoms with Crippen LogP contribution in [0.25, 0.3) is 6.08 Å². The van der Waals surface area contributed by atoms with Crippen LogP contribution in [0, 0.1) is 0 Å². The molecule has 3 heterocycles. The zero-order chi connectivity index (χ0) is 26.1. The van der Waals surface area contributed by atoms with Crippen molar-refractivity contribution in [2.75, 3.05) is 19.5 Å². The number of nitrogens with zero attached hydrogens (tertiary/aromatic N) is 2. The van der Waals surface area contributed by atoms with Gasteiger partial charge in [-0.2, -0.15) is 0 Å². The van der Waals surface area contributed by atoms with Crippen LogP contribution in [0.4, 0.5) is 5.69 Å². The summed E-state index contributed by atoms with van der Waals surface area (Å²) in [5.74, 6) is 0.582. The number of fused-ring (bicyclic) bond motifs is 1. The van der Waals surface area contributed by atoms with Crippen LogP contribution in [0.1, 0.15) is 23.4 Å². The number of hydrogen-bond donors (Lipinski definition) is 1. The Hall–Kier alpha value is -3.66. The SMILES string of the molecule is COc1cc(/C=c2\sc3n(c2=O)[C@H](c2cccs2)C(C(=O)Nc2ccccc2)=C(C)N=3)cc(Cl)c1OC. The topological polar surface area (TPSA) is 81.9 Å². The molecule has 188 valence electrons. The molecule has 0 spiro atoms. The molecule has 1 amide bonds. The maximum absolute atomic E-state index is 13.8. The van der Waals surface area contributed by atoms with Crippen LogP contribution in [0.3, 0.4) is 0 Å². The Morgan fingerprint density at radius 1 is 1.14 bits per heavy atom. The van der Waals surface area contributed by atoms with Crippen LogP contribution in [-0.2, 0) is 4.79 Å². The second-order valence-electron chi connectivity index (χ2n) is 8.16. The summed E-state index contributed by atoms with van der Waals surface area (Å²) in [6.45, 7) is 1.80. The second-order valence-corrected chi connectivity index (χ2v) is 10.6. The molecule has 2 aromatic heterocycles. The summed E-state index contributed by atoms with van der Waals surface area (Å²) in [5, 5.41) is 5.25. The predicted molar refractivity (Wildman–Crippen MR) is 148 cm³/mol. The van der Waals surface area contributed by atoms with E-state index in [-0.39, 0.29) is 11.5 Å². The third-order valence-corrected chi connectivity index (χ3v) is 8.05. The van der Waals surface area contributed by atoms with Crippen molar-refractivity contribution in [3.8, 4) is 11.5 Å². The van der Waals surface area contributed by atoms with E-state index in [9.17, 15) is 9.59 Å². The molecular weight excluding hydrogens is 530 g/mol. The van der Waals surface area contributed by atoms with Gasteiger partial charge in [0.1, 0.15) is 6.04 Å². The summed E-state index contributed by atoms with van der Waals surface area (Å²) in [7, 11) is 3.04. The summed E-state index contributed by atoms with van der Waals surface area (Å²) in [5.41, 5.74) is 2.10. The van der Waals surface area contributed by atoms with E-state index in [4.69, 9.17) is 21.1 Å². The van der Waals surface area contributed by atoms with Crippen LogP contribution in [-0.4, -0.2) is 24.7 Å². The third-order valence-electron chi connectivity index (χ3n) is 5.86. The highest BCUT2D eigenvalue weighted by Gasteiger charge is 2.33. The fourth-order valence-corrected chi connectivity index (χ4v) is 6.39. The summed E-state index contributed by atoms with van der Waals surface area (Å²) >= 11 is 9.12. The molecule has 4 aromatic rings. The Morgan fingerprint density at radius 3 is 2.59 bits per heavy atom. The summed E-state index contributed by atoms with van der Waals surface area (Å²) < 4.78 is 12.8. The highest BCUT2D eigenvalue weighted by atomic mass is 35.5. The molecule has 0 aliphatic carbocycles. The number of ether oxygens (including phenoxy) is 2. The van der Waals surface area contributed by atoms with Crippen molar-refractivity contribution in [2.45, 2.75) is 13.0 Å². The van der Waals surface area contributed by atoms with Crippen molar-refractivity contribution in [3.05, 3.63) is 106 Å². The normalized spacial score (nSPS) is 15.2. The number of benzene rings is 2. The molecule has 1 N–H and O–H groups in total. The molecule has 1 atom stereocenters. The Labute approximate surface area is 225 Å². The average molecular weight is 552 g/mol. The van der Waals surface area contributed by atoms with E-state index in [2.05, 4.69) is 10.3 Å². The molecule has 0 fully saturated rings. The van der Waals surface area contributed by atoms with Crippen LogP contribution >= 0.6 is 34.3 Å². The molecule has 0 bridgehead atoms. The monoisotopic (exact) mass is 551 g/mol. The van der Waals surface area contributed by atoms with Gasteiger partial charge in [-0.05, 0) is 54.3 Å². The van der Waals surface area contributed by atoms with Gasteiger partial charge in [0.25, 0.3) is 11.5 Å². The van der Waals surface area contributed by atoms with E-state index < -0.39 is 6.04 Å². The first kappa shape index (κ1) is 25.0. The third kappa shape index (κ3) is 4.73. The number of thiazole rings is 1. The number of hydrogen-bond acceptors (Lipinski definition) is 7. The van der Waals surface area contributed by atoms with Gasteiger partial charge >= 0.3 is 0 Å². The van der Waals surface area contributed by atoms with Gasteiger partial charge in [-0.25, -0.2) is 4.99 Å². The number of aromatic nitrogens is 1. The van der Waals surface area contributed by atoms with Gasteiger partial charge in [0.2, 0.25) is 0 Å². The zero-order valence-corrected chi connectivity index (χ0v) is 22.5. The number of rotatable bonds is 6. The van der Waals surface area contributed by atoms with Crippen molar-refractivity contribution in [2.24, 2.45) is 4.99 Å². The molecule has 0 saturated heterocycles. The van der Waals surface area contributed by atoms with Gasteiger partial charge in [0, 0.05) is 10.6 Å². The van der Waals surface area contributed by atoms with Gasteiger partial charge < -0.3 is 14.8 Å². The molecule has 7 nitrogen and oxygen atoms in total. The molecule has 1 aliphatic rings. The maximum Gasteiger partial charge on any atom is 0.271 e. The lowest BCUT2D eigenvalue weighted by Crippen LogP contribution is -2.40. The number of anilines is 1. The Balaban J connectivity index is 1.64. The average Bonchev–Trinajstić information content (AvgIpc) is 3.52. The van der Waals surface area contributed by atoms with Gasteiger partial charge in [-0.15, -0.1) is 11.3 Å².